The van der Waals surface area contributed by atoms with Gasteiger partial charge in [-0.05, 0) is 6.42 Å². The summed E-state index contributed by atoms with van der Waals surface area (Å²) >= 11 is 0. The molecule has 0 saturated heterocycles. The second-order valence-electron chi connectivity index (χ2n) is 2.27. The van der Waals surface area contributed by atoms with Gasteiger partial charge >= 0.3 is 5.97 Å². The molecule has 0 unspecified atom stereocenters. The first-order chi connectivity index (χ1) is 4.72. The van der Waals surface area contributed by atoms with Crippen LogP contribution in [0, 0.1) is 0 Å². The third-order valence-electron chi connectivity index (χ3n) is 1.37. The molecule has 0 amide bonds. The van der Waals surface area contributed by atoms with Gasteiger partial charge in [0.2, 0.25) is 0 Å². The average molecular weight is 145 g/mol. The molecule has 0 aliphatic heterocycles. The molecular formula is C7H15NO2. The maximum absolute atomic E-state index is 10.7. The Kier molecular flexibility index (Phi) is 4.94. The molecule has 60 valence electrons. The molecule has 2 N–H and O–H groups in total. The Bertz CT molecular complexity index is 104. The van der Waals surface area contributed by atoms with Gasteiger partial charge in [-0.1, -0.05) is 19.8 Å². The molecular weight excluding hydrogens is 130 g/mol. The lowest BCUT2D eigenvalue weighted by atomic mass is 10.1. The molecule has 1 atom stereocenters. The van der Waals surface area contributed by atoms with Crippen LogP contribution in [-0.4, -0.2) is 19.1 Å². The van der Waals surface area contributed by atoms with Crippen molar-refractivity contribution in [3.8, 4) is 0 Å². The first-order valence-corrected chi connectivity index (χ1v) is 3.55. The van der Waals surface area contributed by atoms with E-state index in [1.807, 2.05) is 0 Å². The van der Waals surface area contributed by atoms with E-state index in [2.05, 4.69) is 11.7 Å². The second-order valence-corrected chi connectivity index (χ2v) is 2.27. The number of methoxy groups -OCH3 is 1. The Morgan fingerprint density at radius 3 is 2.70 bits per heavy atom. The fourth-order valence-corrected chi connectivity index (χ4v) is 0.693. The van der Waals surface area contributed by atoms with Crippen LogP contribution in [0.2, 0.25) is 0 Å². The molecule has 0 aromatic rings. The van der Waals surface area contributed by atoms with Crippen molar-refractivity contribution >= 4 is 5.97 Å². The van der Waals surface area contributed by atoms with E-state index in [1.165, 1.54) is 7.11 Å². The largest absolute Gasteiger partial charge is 0.468 e. The summed E-state index contributed by atoms with van der Waals surface area (Å²) in [6, 6.07) is -0.426. The minimum Gasteiger partial charge on any atom is -0.468 e. The standard InChI is InChI=1S/C7H15NO2/c1-3-4-5-6(8)7(9)10-2/h6H,3-5,8H2,1-2H3/t6-/m1/s1. The van der Waals surface area contributed by atoms with Crippen LogP contribution >= 0.6 is 0 Å². The van der Waals surface area contributed by atoms with Crippen LogP contribution in [0.3, 0.4) is 0 Å². The number of rotatable bonds is 4. The van der Waals surface area contributed by atoms with Gasteiger partial charge in [-0.2, -0.15) is 0 Å². The van der Waals surface area contributed by atoms with Crippen LogP contribution in [0.5, 0.6) is 0 Å². The van der Waals surface area contributed by atoms with Gasteiger partial charge in [0.1, 0.15) is 6.04 Å². The SMILES string of the molecule is CCCC[C@@H](N)C(=O)OC. The zero-order valence-electron chi connectivity index (χ0n) is 6.59. The highest BCUT2D eigenvalue weighted by atomic mass is 16.5. The van der Waals surface area contributed by atoms with E-state index < -0.39 is 6.04 Å². The predicted molar refractivity (Wildman–Crippen MR) is 39.5 cm³/mol. The smallest absolute Gasteiger partial charge is 0.322 e. The second kappa shape index (κ2) is 5.23. The lowest BCUT2D eigenvalue weighted by Crippen LogP contribution is -2.31. The summed E-state index contributed by atoms with van der Waals surface area (Å²) < 4.78 is 4.45. The molecule has 0 aromatic carbocycles. The van der Waals surface area contributed by atoms with Gasteiger partial charge in [0, 0.05) is 0 Å². The zero-order chi connectivity index (χ0) is 7.98. The molecule has 3 nitrogen and oxygen atoms in total. The number of hydrogen-bond donors (Lipinski definition) is 1. The van der Waals surface area contributed by atoms with E-state index in [0.29, 0.717) is 0 Å². The fourth-order valence-electron chi connectivity index (χ4n) is 0.693. The van der Waals surface area contributed by atoms with E-state index in [4.69, 9.17) is 5.73 Å². The molecule has 0 aromatic heterocycles. The first-order valence-electron chi connectivity index (χ1n) is 3.55. The highest BCUT2D eigenvalue weighted by Gasteiger charge is 2.11. The van der Waals surface area contributed by atoms with Crippen LogP contribution in [0.4, 0.5) is 0 Å². The van der Waals surface area contributed by atoms with Crippen molar-refractivity contribution in [2.24, 2.45) is 5.73 Å². The molecule has 0 saturated carbocycles. The van der Waals surface area contributed by atoms with Crippen LogP contribution < -0.4 is 5.73 Å². The topological polar surface area (TPSA) is 52.3 Å². The summed E-state index contributed by atoms with van der Waals surface area (Å²) in [5.74, 6) is -0.312. The Hall–Kier alpha value is -0.570. The number of carbonyl (C=O) groups excluding carboxylic acids is 1. The molecule has 0 aliphatic carbocycles. The molecule has 0 aliphatic rings. The monoisotopic (exact) mass is 145 g/mol. The number of hydrogen-bond acceptors (Lipinski definition) is 3. The minimum absolute atomic E-state index is 0.312. The van der Waals surface area contributed by atoms with E-state index in [1.54, 1.807) is 0 Å². The number of unbranched alkanes of at least 4 members (excludes halogenated alkanes) is 1. The molecule has 0 radical (unpaired) electrons. The number of nitrogens with two attached hydrogens (primary N) is 1. The number of ether oxygens (including phenoxy) is 1. The predicted octanol–water partition coefficient (Wildman–Crippen LogP) is 0.677. The molecule has 10 heavy (non-hydrogen) atoms. The Morgan fingerprint density at radius 2 is 2.30 bits per heavy atom. The number of carbonyl (C=O) groups is 1. The summed E-state index contributed by atoms with van der Waals surface area (Å²) in [5.41, 5.74) is 5.44. The summed E-state index contributed by atoms with van der Waals surface area (Å²) in [6.45, 7) is 2.06. The molecule has 0 heterocycles. The van der Waals surface area contributed by atoms with Gasteiger partial charge in [-0.15, -0.1) is 0 Å². The molecule has 0 spiro atoms. The van der Waals surface area contributed by atoms with E-state index in [9.17, 15) is 4.79 Å². The number of esters is 1. The lowest BCUT2D eigenvalue weighted by molar-refractivity contribution is -0.142. The maximum Gasteiger partial charge on any atom is 0.322 e. The molecule has 0 bridgehead atoms. The van der Waals surface area contributed by atoms with Gasteiger partial charge in [0.15, 0.2) is 0 Å². The molecule has 3 heteroatoms. The first kappa shape index (κ1) is 9.43. The van der Waals surface area contributed by atoms with Gasteiger partial charge in [0.25, 0.3) is 0 Å². The quantitative estimate of drug-likeness (QED) is 0.592. The van der Waals surface area contributed by atoms with Crippen molar-refractivity contribution in [1.82, 2.24) is 0 Å². The summed E-state index contributed by atoms with van der Waals surface area (Å²) in [6.07, 6.45) is 2.77. The Balaban J connectivity index is 3.41. The Labute approximate surface area is 61.5 Å². The zero-order valence-corrected chi connectivity index (χ0v) is 6.59. The van der Waals surface area contributed by atoms with Crippen molar-refractivity contribution in [3.63, 3.8) is 0 Å². The van der Waals surface area contributed by atoms with E-state index in [0.717, 1.165) is 19.3 Å². The molecule has 0 fully saturated rings. The van der Waals surface area contributed by atoms with Crippen LogP contribution in [0.25, 0.3) is 0 Å². The lowest BCUT2D eigenvalue weighted by Gasteiger charge is -2.06. The summed E-state index contributed by atoms with van der Waals surface area (Å²) in [7, 11) is 1.36. The molecule has 0 rings (SSSR count). The highest BCUT2D eigenvalue weighted by molar-refractivity contribution is 5.75. The fraction of sp³-hybridized carbons (Fsp3) is 0.857. The van der Waals surface area contributed by atoms with Crippen LogP contribution in [-0.2, 0) is 9.53 Å². The van der Waals surface area contributed by atoms with Crippen molar-refractivity contribution in [2.75, 3.05) is 7.11 Å². The van der Waals surface area contributed by atoms with E-state index >= 15 is 0 Å². The van der Waals surface area contributed by atoms with Crippen molar-refractivity contribution < 1.29 is 9.53 Å². The van der Waals surface area contributed by atoms with Gasteiger partial charge in [-0.25, -0.2) is 0 Å². The van der Waals surface area contributed by atoms with Crippen molar-refractivity contribution in [2.45, 2.75) is 32.2 Å². The average Bonchev–Trinajstić information content (AvgIpc) is 1.98. The van der Waals surface area contributed by atoms with Crippen molar-refractivity contribution in [3.05, 3.63) is 0 Å². The maximum atomic E-state index is 10.7. The van der Waals surface area contributed by atoms with Crippen LogP contribution in [0.1, 0.15) is 26.2 Å². The minimum atomic E-state index is -0.426. The third-order valence-corrected chi connectivity index (χ3v) is 1.37. The normalized spacial score (nSPS) is 12.7. The Morgan fingerprint density at radius 1 is 1.70 bits per heavy atom. The van der Waals surface area contributed by atoms with Crippen molar-refractivity contribution in [1.29, 1.82) is 0 Å². The third kappa shape index (κ3) is 3.45. The summed E-state index contributed by atoms with van der Waals surface area (Å²) in [5, 5.41) is 0. The van der Waals surface area contributed by atoms with Crippen LogP contribution in [0.15, 0.2) is 0 Å². The summed E-state index contributed by atoms with van der Waals surface area (Å²) in [4.78, 5) is 10.7. The van der Waals surface area contributed by atoms with E-state index in [-0.39, 0.29) is 5.97 Å². The van der Waals surface area contributed by atoms with Gasteiger partial charge < -0.3 is 10.5 Å². The van der Waals surface area contributed by atoms with Gasteiger partial charge in [0.05, 0.1) is 7.11 Å². The highest BCUT2D eigenvalue weighted by Crippen LogP contribution is 1.98. The van der Waals surface area contributed by atoms with Gasteiger partial charge in [-0.3, -0.25) is 4.79 Å².